The lowest BCUT2D eigenvalue weighted by atomic mass is 10.1. The van der Waals surface area contributed by atoms with E-state index in [0.717, 1.165) is 17.0 Å². The highest BCUT2D eigenvalue weighted by Gasteiger charge is 2.29. The van der Waals surface area contributed by atoms with Crippen LogP contribution in [0.4, 0.5) is 0 Å². The maximum absolute atomic E-state index is 12.7. The van der Waals surface area contributed by atoms with E-state index in [2.05, 4.69) is 20.5 Å². The molecular formula is C21H22N4O3. The molecule has 0 radical (unpaired) electrons. The van der Waals surface area contributed by atoms with E-state index >= 15 is 0 Å². The Morgan fingerprint density at radius 3 is 2.89 bits per heavy atom. The number of hydrogen-bond donors (Lipinski definition) is 2. The summed E-state index contributed by atoms with van der Waals surface area (Å²) in [6, 6.07) is 17.1. The van der Waals surface area contributed by atoms with Crippen molar-refractivity contribution in [3.05, 3.63) is 72.2 Å². The predicted molar refractivity (Wildman–Crippen MR) is 104 cm³/mol. The summed E-state index contributed by atoms with van der Waals surface area (Å²) in [6.07, 6.45) is 2.20. The van der Waals surface area contributed by atoms with Crippen LogP contribution in [0, 0.1) is 0 Å². The molecule has 1 saturated heterocycles. The van der Waals surface area contributed by atoms with Crippen LogP contribution < -0.4 is 5.32 Å². The minimum atomic E-state index is -0.226. The van der Waals surface area contributed by atoms with Crippen LogP contribution in [0.25, 0.3) is 11.3 Å². The Labute approximate surface area is 163 Å². The molecule has 1 aliphatic heterocycles. The fourth-order valence-corrected chi connectivity index (χ4v) is 3.16. The van der Waals surface area contributed by atoms with Crippen molar-refractivity contribution in [2.75, 3.05) is 13.2 Å². The van der Waals surface area contributed by atoms with Crippen molar-refractivity contribution in [2.45, 2.75) is 25.2 Å². The number of ether oxygens (including phenoxy) is 2. The van der Waals surface area contributed by atoms with Crippen molar-refractivity contribution < 1.29 is 14.3 Å². The molecule has 0 saturated carbocycles. The molecule has 7 heteroatoms. The maximum atomic E-state index is 12.7. The van der Waals surface area contributed by atoms with E-state index < -0.39 is 0 Å². The number of nitrogens with one attached hydrogen (secondary N) is 2. The second-order valence-corrected chi connectivity index (χ2v) is 6.65. The third kappa shape index (κ3) is 4.44. The highest BCUT2D eigenvalue weighted by atomic mass is 16.5. The number of H-pyrrole nitrogens is 1. The summed E-state index contributed by atoms with van der Waals surface area (Å²) in [5, 5.41) is 10.1. The van der Waals surface area contributed by atoms with Gasteiger partial charge in [0.25, 0.3) is 5.91 Å². The van der Waals surface area contributed by atoms with Crippen molar-refractivity contribution >= 4 is 5.91 Å². The van der Waals surface area contributed by atoms with E-state index in [1.165, 1.54) is 0 Å². The average Bonchev–Trinajstić information content (AvgIpc) is 3.25. The zero-order valence-corrected chi connectivity index (χ0v) is 15.4. The van der Waals surface area contributed by atoms with Crippen LogP contribution in [-0.4, -0.2) is 46.4 Å². The number of benzene rings is 1. The van der Waals surface area contributed by atoms with Crippen molar-refractivity contribution in [3.63, 3.8) is 0 Å². The zero-order valence-electron chi connectivity index (χ0n) is 15.4. The van der Waals surface area contributed by atoms with E-state index in [9.17, 15) is 4.79 Å². The van der Waals surface area contributed by atoms with Crippen molar-refractivity contribution in [2.24, 2.45) is 0 Å². The molecule has 2 unspecified atom stereocenters. The van der Waals surface area contributed by atoms with Crippen LogP contribution in [0.2, 0.25) is 0 Å². The fraction of sp³-hybridized carbons (Fsp3) is 0.286. The number of aromatic nitrogens is 3. The van der Waals surface area contributed by atoms with Gasteiger partial charge in [-0.1, -0.05) is 36.4 Å². The van der Waals surface area contributed by atoms with E-state index in [4.69, 9.17) is 9.47 Å². The molecule has 0 bridgehead atoms. The first-order valence-corrected chi connectivity index (χ1v) is 9.30. The minimum Gasteiger partial charge on any atom is -0.379 e. The Morgan fingerprint density at radius 2 is 2.07 bits per heavy atom. The zero-order chi connectivity index (χ0) is 19.2. The van der Waals surface area contributed by atoms with Crippen LogP contribution in [-0.2, 0) is 16.1 Å². The summed E-state index contributed by atoms with van der Waals surface area (Å²) in [6.45, 7) is 1.41. The van der Waals surface area contributed by atoms with Gasteiger partial charge in [-0.2, -0.15) is 5.10 Å². The molecule has 7 nitrogen and oxygen atoms in total. The van der Waals surface area contributed by atoms with Gasteiger partial charge in [-0.15, -0.1) is 0 Å². The lowest BCUT2D eigenvalue weighted by Crippen LogP contribution is -2.50. The summed E-state index contributed by atoms with van der Waals surface area (Å²) in [4.78, 5) is 16.9. The van der Waals surface area contributed by atoms with Crippen molar-refractivity contribution in [1.82, 2.24) is 20.5 Å². The molecule has 1 aliphatic rings. The molecule has 144 valence electrons. The third-order valence-electron chi connectivity index (χ3n) is 4.68. The third-order valence-corrected chi connectivity index (χ3v) is 4.68. The molecule has 3 aromatic rings. The number of pyridine rings is 1. The first-order valence-electron chi connectivity index (χ1n) is 9.30. The normalized spacial score (nSPS) is 19.3. The monoisotopic (exact) mass is 378 g/mol. The number of carbonyl (C=O) groups is 1. The van der Waals surface area contributed by atoms with Gasteiger partial charge in [0, 0.05) is 18.4 Å². The molecule has 0 spiro atoms. The van der Waals surface area contributed by atoms with Gasteiger partial charge in [-0.25, -0.2) is 0 Å². The molecule has 2 N–H and O–H groups in total. The largest absolute Gasteiger partial charge is 0.379 e. The van der Waals surface area contributed by atoms with E-state index in [1.54, 1.807) is 12.3 Å². The Kier molecular flexibility index (Phi) is 5.75. The van der Waals surface area contributed by atoms with Gasteiger partial charge in [-0.05, 0) is 24.6 Å². The first-order chi connectivity index (χ1) is 13.8. The van der Waals surface area contributed by atoms with Gasteiger partial charge in [0.2, 0.25) is 0 Å². The number of rotatable bonds is 6. The van der Waals surface area contributed by atoms with Crippen molar-refractivity contribution in [1.29, 1.82) is 0 Å². The number of amides is 1. The molecular weight excluding hydrogens is 356 g/mol. The maximum Gasteiger partial charge on any atom is 0.269 e. The number of hydrogen-bond acceptors (Lipinski definition) is 5. The number of aromatic amines is 1. The van der Waals surface area contributed by atoms with Crippen LogP contribution in [0.15, 0.2) is 60.8 Å². The van der Waals surface area contributed by atoms with Gasteiger partial charge < -0.3 is 14.8 Å². The lowest BCUT2D eigenvalue weighted by molar-refractivity contribution is -0.0743. The molecule has 0 aliphatic carbocycles. The predicted octanol–water partition coefficient (Wildman–Crippen LogP) is 2.58. The molecule has 28 heavy (non-hydrogen) atoms. The molecule has 2 aromatic heterocycles. The van der Waals surface area contributed by atoms with Crippen LogP contribution in [0.5, 0.6) is 0 Å². The Balaban J connectivity index is 1.39. The smallest absolute Gasteiger partial charge is 0.269 e. The van der Waals surface area contributed by atoms with Crippen LogP contribution in [0.3, 0.4) is 0 Å². The summed E-state index contributed by atoms with van der Waals surface area (Å²) >= 11 is 0. The highest BCUT2D eigenvalue weighted by Crippen LogP contribution is 2.18. The lowest BCUT2D eigenvalue weighted by Gasteiger charge is -2.31. The summed E-state index contributed by atoms with van der Waals surface area (Å²) in [5.41, 5.74) is 2.97. The van der Waals surface area contributed by atoms with E-state index in [-0.39, 0.29) is 18.1 Å². The Bertz CT molecular complexity index is 898. The fourth-order valence-electron chi connectivity index (χ4n) is 3.16. The number of carbonyl (C=O) groups excluding carboxylic acids is 1. The Hall–Kier alpha value is -3.03. The molecule has 1 fully saturated rings. The second-order valence-electron chi connectivity index (χ2n) is 6.65. The Morgan fingerprint density at radius 1 is 1.21 bits per heavy atom. The van der Waals surface area contributed by atoms with Gasteiger partial charge in [0.05, 0.1) is 30.6 Å². The minimum absolute atomic E-state index is 0.131. The summed E-state index contributed by atoms with van der Waals surface area (Å²) < 4.78 is 11.5. The highest BCUT2D eigenvalue weighted by molar-refractivity contribution is 5.93. The summed E-state index contributed by atoms with van der Waals surface area (Å²) in [7, 11) is 0. The van der Waals surface area contributed by atoms with Crippen LogP contribution in [0.1, 0.15) is 22.6 Å². The van der Waals surface area contributed by atoms with Gasteiger partial charge in [0.1, 0.15) is 11.8 Å². The van der Waals surface area contributed by atoms with Crippen molar-refractivity contribution in [3.8, 4) is 11.3 Å². The van der Waals surface area contributed by atoms with Crippen LogP contribution >= 0.6 is 0 Å². The van der Waals surface area contributed by atoms with Gasteiger partial charge in [0.15, 0.2) is 0 Å². The quantitative estimate of drug-likeness (QED) is 0.688. The topological polar surface area (TPSA) is 89.1 Å². The van der Waals surface area contributed by atoms with Gasteiger partial charge in [-0.3, -0.25) is 14.9 Å². The molecule has 4 rings (SSSR count). The molecule has 1 aromatic carbocycles. The second kappa shape index (κ2) is 8.77. The molecule has 2 atom stereocenters. The SMILES string of the molecule is O=C(NC1CCOCC1OCc1ccccn1)c1cc(-c2ccccc2)n[nH]1. The number of nitrogens with zero attached hydrogens (tertiary/aromatic N) is 2. The van der Waals surface area contributed by atoms with E-state index in [0.29, 0.717) is 31.9 Å². The summed E-state index contributed by atoms with van der Waals surface area (Å²) in [5.74, 6) is -0.201. The van der Waals surface area contributed by atoms with E-state index in [1.807, 2.05) is 48.5 Å². The average molecular weight is 378 g/mol. The molecule has 3 heterocycles. The first kappa shape index (κ1) is 18.3. The van der Waals surface area contributed by atoms with Gasteiger partial charge >= 0.3 is 0 Å². The molecule has 1 amide bonds. The standard InChI is InChI=1S/C21H22N4O3/c26-21(19-12-18(24-25-19)15-6-2-1-3-7-15)23-17-9-11-27-14-20(17)28-13-16-8-4-5-10-22-16/h1-8,10,12,17,20H,9,11,13-14H2,(H,23,26)(H,24,25).